The fraction of sp³-hybridized carbons (Fsp3) is 0.355. The van der Waals surface area contributed by atoms with Crippen molar-refractivity contribution in [3.8, 4) is 22.3 Å². The van der Waals surface area contributed by atoms with Crippen molar-refractivity contribution >= 4 is 32.8 Å². The largest absolute Gasteiger partial charge is 0.0651 e. The van der Waals surface area contributed by atoms with Gasteiger partial charge in [-0.3, -0.25) is 0 Å². The summed E-state index contributed by atoms with van der Waals surface area (Å²) in [5, 5.41) is 0. The molecule has 6 aromatic carbocycles. The highest BCUT2D eigenvalue weighted by atomic mass is 28.2. The van der Waals surface area contributed by atoms with Crippen LogP contribution >= 0.6 is 0 Å². The van der Waals surface area contributed by atoms with Gasteiger partial charge in [-0.1, -0.05) is 215 Å². The molecule has 0 nitrogen and oxygen atoms in total. The van der Waals surface area contributed by atoms with Crippen molar-refractivity contribution in [1.82, 2.24) is 0 Å². The number of hydrogen-bond acceptors (Lipinski definition) is 0. The van der Waals surface area contributed by atoms with Crippen molar-refractivity contribution in [1.29, 1.82) is 0 Å². The highest BCUT2D eigenvalue weighted by molar-refractivity contribution is 6.37. The lowest BCUT2D eigenvalue weighted by molar-refractivity contribution is 0.834. The summed E-state index contributed by atoms with van der Waals surface area (Å²) < 4.78 is 0. The molecule has 324 valence electrons. The minimum atomic E-state index is -0.539. The lowest BCUT2D eigenvalue weighted by Gasteiger charge is -2.23. The maximum Gasteiger partial charge on any atom is 0.0219 e. The molecule has 63 heavy (non-hydrogen) atoms. The normalized spacial score (nSPS) is 15.9. The molecule has 2 atom stereocenters. The van der Waals surface area contributed by atoms with Crippen LogP contribution in [0.5, 0.6) is 0 Å². The molecular formula is C62H72Si. The van der Waals surface area contributed by atoms with Gasteiger partial charge >= 0.3 is 0 Å². The van der Waals surface area contributed by atoms with E-state index in [4.69, 9.17) is 0 Å². The standard InChI is InChI=1S/C62H72Si/c1-11-19-45-25-27-53-57(61(45)51-31-47(39(3)4)29-48(32-51)40(5)6)35-55(43-21-15-13-16-22-43)59(53)37-63-38-60-54-28-26-46(20-12-2)62(58(54)36-56(60)44-23-17-14-18-24-44)52-33-49(41(7)8)30-50(34-52)42(9)10/h13-18,21-36,39-42,59-60H,11-12,19-20,37-38,63H2,1-10H3. The van der Waals surface area contributed by atoms with Crippen LogP contribution in [0.25, 0.3) is 45.6 Å². The van der Waals surface area contributed by atoms with Crippen molar-refractivity contribution in [3.05, 3.63) is 188 Å². The molecule has 0 spiro atoms. The van der Waals surface area contributed by atoms with Crippen molar-refractivity contribution in [2.45, 2.75) is 143 Å². The molecule has 0 amide bonds. The third-order valence-corrected chi connectivity index (χ3v) is 16.2. The van der Waals surface area contributed by atoms with E-state index in [9.17, 15) is 0 Å². The van der Waals surface area contributed by atoms with E-state index in [0.29, 0.717) is 35.5 Å². The van der Waals surface area contributed by atoms with Crippen LogP contribution in [0.2, 0.25) is 12.1 Å². The lowest BCUT2D eigenvalue weighted by Crippen LogP contribution is -2.08. The van der Waals surface area contributed by atoms with E-state index in [2.05, 4.69) is 203 Å². The van der Waals surface area contributed by atoms with Gasteiger partial charge in [0.2, 0.25) is 0 Å². The fourth-order valence-corrected chi connectivity index (χ4v) is 13.0. The Balaban J connectivity index is 1.21. The third-order valence-electron chi connectivity index (χ3n) is 14.3. The summed E-state index contributed by atoms with van der Waals surface area (Å²) in [6.45, 7) is 23.4. The Hall–Kier alpha value is -4.98. The molecule has 0 saturated heterocycles. The van der Waals surface area contributed by atoms with E-state index < -0.39 is 9.52 Å². The Morgan fingerprint density at radius 1 is 0.413 bits per heavy atom. The molecule has 2 unspecified atom stereocenters. The van der Waals surface area contributed by atoms with Gasteiger partial charge in [0.05, 0.1) is 0 Å². The molecule has 0 saturated carbocycles. The zero-order valence-electron chi connectivity index (χ0n) is 40.1. The number of fused-ring (bicyclic) bond motifs is 2. The molecule has 2 aliphatic carbocycles. The van der Waals surface area contributed by atoms with Crippen molar-refractivity contribution in [2.75, 3.05) is 0 Å². The van der Waals surface area contributed by atoms with Crippen LogP contribution in [0, 0.1) is 0 Å². The van der Waals surface area contributed by atoms with Gasteiger partial charge in [0.25, 0.3) is 0 Å². The molecule has 8 rings (SSSR count). The Morgan fingerprint density at radius 3 is 1.08 bits per heavy atom. The van der Waals surface area contributed by atoms with Crippen LogP contribution in [0.4, 0.5) is 0 Å². The molecule has 0 radical (unpaired) electrons. The van der Waals surface area contributed by atoms with Gasteiger partial charge in [-0.05, 0) is 149 Å². The van der Waals surface area contributed by atoms with E-state index in [1.54, 1.807) is 11.1 Å². The Labute approximate surface area is 383 Å². The van der Waals surface area contributed by atoms with E-state index >= 15 is 0 Å². The second-order valence-corrected chi connectivity index (χ2v) is 21.9. The van der Waals surface area contributed by atoms with Crippen molar-refractivity contribution < 1.29 is 0 Å². The Bertz CT molecular complexity index is 2380. The first kappa shape index (κ1) is 44.6. The van der Waals surface area contributed by atoms with Gasteiger partial charge in [-0.15, -0.1) is 0 Å². The number of aryl methyl sites for hydroxylation is 2. The van der Waals surface area contributed by atoms with Crippen LogP contribution in [0.3, 0.4) is 0 Å². The highest BCUT2D eigenvalue weighted by Crippen LogP contribution is 2.52. The predicted molar refractivity (Wildman–Crippen MR) is 280 cm³/mol. The monoisotopic (exact) mass is 845 g/mol. The molecule has 0 aliphatic heterocycles. The first-order valence-electron chi connectivity index (χ1n) is 24.6. The quantitative estimate of drug-likeness (QED) is 0.0852. The van der Waals surface area contributed by atoms with Gasteiger partial charge < -0.3 is 0 Å². The summed E-state index contributed by atoms with van der Waals surface area (Å²) in [6.07, 6.45) is 9.71. The highest BCUT2D eigenvalue weighted by Gasteiger charge is 2.33. The summed E-state index contributed by atoms with van der Waals surface area (Å²) in [6, 6.07) is 50.2. The van der Waals surface area contributed by atoms with Crippen molar-refractivity contribution in [3.63, 3.8) is 0 Å². The number of allylic oxidation sites excluding steroid dienone is 2. The van der Waals surface area contributed by atoms with Gasteiger partial charge in [0.1, 0.15) is 0 Å². The molecule has 2 aliphatic rings. The topological polar surface area (TPSA) is 0 Å². The minimum Gasteiger partial charge on any atom is -0.0651 e. The minimum absolute atomic E-state index is 0.405. The molecule has 0 N–H and O–H groups in total. The van der Waals surface area contributed by atoms with Gasteiger partial charge in [0, 0.05) is 21.4 Å². The number of hydrogen-bond donors (Lipinski definition) is 0. The molecule has 0 aromatic heterocycles. The maximum atomic E-state index is 2.62. The van der Waals surface area contributed by atoms with Crippen LogP contribution in [0.1, 0.15) is 184 Å². The predicted octanol–water partition coefficient (Wildman–Crippen LogP) is 17.4. The van der Waals surface area contributed by atoms with Gasteiger partial charge in [0.15, 0.2) is 0 Å². The smallest absolute Gasteiger partial charge is 0.0219 e. The first-order valence-corrected chi connectivity index (χ1v) is 26.6. The molecule has 0 heterocycles. The average Bonchev–Trinajstić information content (AvgIpc) is 3.85. The Morgan fingerprint density at radius 2 is 0.762 bits per heavy atom. The Kier molecular flexibility index (Phi) is 13.7. The first-order chi connectivity index (χ1) is 30.5. The van der Waals surface area contributed by atoms with Crippen molar-refractivity contribution in [2.24, 2.45) is 0 Å². The van der Waals surface area contributed by atoms with E-state index in [1.165, 1.54) is 101 Å². The summed E-state index contributed by atoms with van der Waals surface area (Å²) in [7, 11) is -0.539. The molecular weight excluding hydrogens is 773 g/mol. The number of rotatable bonds is 16. The number of benzene rings is 6. The summed E-state index contributed by atoms with van der Waals surface area (Å²) >= 11 is 0. The van der Waals surface area contributed by atoms with E-state index in [0.717, 1.165) is 25.7 Å². The molecule has 1 heteroatoms. The van der Waals surface area contributed by atoms with Crippen LogP contribution in [0.15, 0.2) is 121 Å². The summed E-state index contributed by atoms with van der Waals surface area (Å²) in [5.41, 5.74) is 26.4. The fourth-order valence-electron chi connectivity index (χ4n) is 10.7. The zero-order valence-corrected chi connectivity index (χ0v) is 41.5. The van der Waals surface area contributed by atoms with Crippen LogP contribution in [-0.2, 0) is 12.8 Å². The van der Waals surface area contributed by atoms with Crippen LogP contribution < -0.4 is 0 Å². The molecule has 0 bridgehead atoms. The van der Waals surface area contributed by atoms with Gasteiger partial charge in [-0.25, -0.2) is 0 Å². The molecule has 6 aromatic rings. The maximum absolute atomic E-state index is 2.62. The molecule has 0 fully saturated rings. The second-order valence-electron chi connectivity index (χ2n) is 20.1. The summed E-state index contributed by atoms with van der Waals surface area (Å²) in [5.74, 6) is 2.74. The second kappa shape index (κ2) is 19.4. The third kappa shape index (κ3) is 9.19. The van der Waals surface area contributed by atoms with E-state index in [-0.39, 0.29) is 0 Å². The lowest BCUT2D eigenvalue weighted by atomic mass is 9.84. The van der Waals surface area contributed by atoms with Gasteiger partial charge in [-0.2, -0.15) is 0 Å². The zero-order chi connectivity index (χ0) is 44.4. The van der Waals surface area contributed by atoms with Crippen LogP contribution in [-0.4, -0.2) is 9.52 Å². The average molecular weight is 845 g/mol. The SMILES string of the molecule is CCCc1ccc2c(c1-c1cc(C(C)C)cc(C(C)C)c1)C=C(c1ccccc1)C2C[SiH2]CC1C(c2ccccc2)=Cc2c1ccc(CCC)c2-c1cc(C(C)C)cc(C(C)C)c1. The summed E-state index contributed by atoms with van der Waals surface area (Å²) in [4.78, 5) is 0. The van der Waals surface area contributed by atoms with E-state index in [1.807, 2.05) is 0 Å².